The fourth-order valence-corrected chi connectivity index (χ4v) is 3.59. The Kier molecular flexibility index (Phi) is 4.30. The van der Waals surface area contributed by atoms with Crippen LogP contribution < -0.4 is 16.4 Å². The lowest BCUT2D eigenvalue weighted by Crippen LogP contribution is -2.58. The molecule has 1 aromatic carbocycles. The first-order valence-corrected chi connectivity index (χ1v) is 8.08. The SMILES string of the molecule is NC1=NC2(CCCCC2)N(c2cc(C(F)(F)F)cc(Cl)c2F)C(N)=N1. The highest BCUT2D eigenvalue weighted by Crippen LogP contribution is 2.43. The van der Waals surface area contributed by atoms with Gasteiger partial charge in [0.15, 0.2) is 5.82 Å². The summed E-state index contributed by atoms with van der Waals surface area (Å²) in [7, 11) is 0. The van der Waals surface area contributed by atoms with Crippen LogP contribution in [0.4, 0.5) is 23.2 Å². The van der Waals surface area contributed by atoms with Crippen molar-refractivity contribution in [1.82, 2.24) is 0 Å². The number of hydrogen-bond acceptors (Lipinski definition) is 5. The number of guanidine groups is 2. The van der Waals surface area contributed by atoms with Gasteiger partial charge in [0, 0.05) is 0 Å². The molecule has 3 rings (SSSR count). The zero-order chi connectivity index (χ0) is 18.4. The monoisotopic (exact) mass is 377 g/mol. The van der Waals surface area contributed by atoms with E-state index in [-0.39, 0.29) is 11.9 Å². The van der Waals surface area contributed by atoms with Gasteiger partial charge in [0.25, 0.3) is 0 Å². The van der Waals surface area contributed by atoms with Crippen LogP contribution in [0.5, 0.6) is 0 Å². The zero-order valence-corrected chi connectivity index (χ0v) is 13.8. The van der Waals surface area contributed by atoms with Gasteiger partial charge in [-0.3, -0.25) is 4.90 Å². The number of halogens is 5. The summed E-state index contributed by atoms with van der Waals surface area (Å²) < 4.78 is 54.0. The van der Waals surface area contributed by atoms with Crippen molar-refractivity contribution in [3.05, 3.63) is 28.5 Å². The zero-order valence-electron chi connectivity index (χ0n) is 13.1. The molecule has 1 aliphatic heterocycles. The number of rotatable bonds is 1. The molecule has 1 saturated carbocycles. The van der Waals surface area contributed by atoms with Crippen LogP contribution in [0.25, 0.3) is 0 Å². The van der Waals surface area contributed by atoms with E-state index in [1.165, 1.54) is 4.90 Å². The maximum Gasteiger partial charge on any atom is 0.416 e. The Balaban J connectivity index is 2.19. The normalized spacial score (nSPS) is 20.4. The first-order chi connectivity index (χ1) is 11.6. The minimum Gasteiger partial charge on any atom is -0.369 e. The van der Waals surface area contributed by atoms with Gasteiger partial charge in [-0.1, -0.05) is 18.0 Å². The summed E-state index contributed by atoms with van der Waals surface area (Å²) in [4.78, 5) is 9.31. The summed E-state index contributed by atoms with van der Waals surface area (Å²) in [6.07, 6.45) is -1.29. The smallest absolute Gasteiger partial charge is 0.369 e. The number of nitrogens with two attached hydrogens (primary N) is 2. The molecular formula is C15H16ClF4N5. The quantitative estimate of drug-likeness (QED) is 0.734. The second kappa shape index (κ2) is 6.05. The highest BCUT2D eigenvalue weighted by atomic mass is 35.5. The van der Waals surface area contributed by atoms with Crippen LogP contribution in [0.3, 0.4) is 0 Å². The molecule has 0 atom stereocenters. The minimum atomic E-state index is -4.68. The van der Waals surface area contributed by atoms with Crippen LogP contribution in [-0.2, 0) is 6.18 Å². The van der Waals surface area contributed by atoms with E-state index < -0.39 is 33.9 Å². The Morgan fingerprint density at radius 1 is 1.12 bits per heavy atom. The van der Waals surface area contributed by atoms with Crippen LogP contribution in [0.15, 0.2) is 22.1 Å². The van der Waals surface area contributed by atoms with Crippen molar-refractivity contribution in [2.24, 2.45) is 21.5 Å². The fraction of sp³-hybridized carbons (Fsp3) is 0.467. The molecular weight excluding hydrogens is 362 g/mol. The van der Waals surface area contributed by atoms with Gasteiger partial charge in [-0.2, -0.15) is 18.2 Å². The lowest BCUT2D eigenvalue weighted by Gasteiger charge is -2.45. The molecule has 0 aromatic heterocycles. The van der Waals surface area contributed by atoms with Crippen molar-refractivity contribution in [2.45, 2.75) is 43.9 Å². The second-order valence-electron chi connectivity index (χ2n) is 6.11. The van der Waals surface area contributed by atoms with Gasteiger partial charge in [0.1, 0.15) is 5.66 Å². The highest BCUT2D eigenvalue weighted by molar-refractivity contribution is 6.31. The molecule has 0 saturated heterocycles. The summed E-state index contributed by atoms with van der Waals surface area (Å²) in [6, 6.07) is 1.22. The maximum atomic E-state index is 14.6. The molecule has 1 aliphatic carbocycles. The van der Waals surface area contributed by atoms with E-state index >= 15 is 0 Å². The van der Waals surface area contributed by atoms with E-state index in [1.807, 2.05) is 0 Å². The fourth-order valence-electron chi connectivity index (χ4n) is 3.37. The van der Waals surface area contributed by atoms with Crippen molar-refractivity contribution < 1.29 is 17.6 Å². The molecule has 1 fully saturated rings. The number of alkyl halides is 3. The third kappa shape index (κ3) is 3.12. The van der Waals surface area contributed by atoms with E-state index in [9.17, 15) is 17.6 Å². The van der Waals surface area contributed by atoms with Gasteiger partial charge < -0.3 is 11.5 Å². The predicted octanol–water partition coefficient (Wildman–Crippen LogP) is 3.61. The highest BCUT2D eigenvalue weighted by Gasteiger charge is 2.44. The summed E-state index contributed by atoms with van der Waals surface area (Å²) >= 11 is 5.71. The molecule has 0 bridgehead atoms. The second-order valence-corrected chi connectivity index (χ2v) is 6.51. The van der Waals surface area contributed by atoms with Crippen LogP contribution >= 0.6 is 11.6 Å². The average molecular weight is 378 g/mol. The van der Waals surface area contributed by atoms with Crippen molar-refractivity contribution >= 4 is 29.2 Å². The largest absolute Gasteiger partial charge is 0.416 e. The summed E-state index contributed by atoms with van der Waals surface area (Å²) in [6.45, 7) is 0. The first-order valence-electron chi connectivity index (χ1n) is 7.70. The van der Waals surface area contributed by atoms with Crippen LogP contribution in [0.1, 0.15) is 37.7 Å². The lowest BCUT2D eigenvalue weighted by atomic mass is 9.87. The van der Waals surface area contributed by atoms with Crippen molar-refractivity contribution in [1.29, 1.82) is 0 Å². The van der Waals surface area contributed by atoms with E-state index in [0.717, 1.165) is 19.3 Å². The van der Waals surface area contributed by atoms with Gasteiger partial charge in [-0.05, 0) is 37.8 Å². The first kappa shape index (κ1) is 17.8. The predicted molar refractivity (Wildman–Crippen MR) is 88.0 cm³/mol. The van der Waals surface area contributed by atoms with Crippen molar-refractivity contribution in [3.63, 3.8) is 0 Å². The molecule has 4 N–H and O–H groups in total. The van der Waals surface area contributed by atoms with Gasteiger partial charge in [-0.15, -0.1) is 0 Å². The number of benzene rings is 1. The van der Waals surface area contributed by atoms with E-state index in [2.05, 4.69) is 9.98 Å². The van der Waals surface area contributed by atoms with E-state index in [0.29, 0.717) is 25.0 Å². The summed E-state index contributed by atoms with van der Waals surface area (Å²) in [5, 5.41) is -0.647. The standard InChI is InChI=1S/C15H16ClF4N5/c16-9-6-8(15(18,19)20)7-10(11(9)17)25-13(22)23-12(21)24-14(25)4-2-1-3-5-14/h6-7H,1-5H2,(H4,21,22,23,24). The van der Waals surface area contributed by atoms with Crippen molar-refractivity contribution in [2.75, 3.05) is 4.90 Å². The molecule has 5 nitrogen and oxygen atoms in total. The van der Waals surface area contributed by atoms with Crippen molar-refractivity contribution in [3.8, 4) is 0 Å². The Hall–Kier alpha value is -2.03. The van der Waals surface area contributed by atoms with E-state index in [1.54, 1.807) is 0 Å². The van der Waals surface area contributed by atoms with Crippen LogP contribution in [0, 0.1) is 5.82 Å². The topological polar surface area (TPSA) is 80.0 Å². The third-order valence-corrected chi connectivity index (χ3v) is 4.70. The summed E-state index contributed by atoms with van der Waals surface area (Å²) in [5.41, 5.74) is 9.07. The Labute approximate surface area is 146 Å². The van der Waals surface area contributed by atoms with E-state index in [4.69, 9.17) is 23.1 Å². The summed E-state index contributed by atoms with van der Waals surface area (Å²) in [5.74, 6) is -1.29. The maximum absolute atomic E-state index is 14.6. The molecule has 25 heavy (non-hydrogen) atoms. The average Bonchev–Trinajstić information content (AvgIpc) is 2.50. The number of aliphatic imine (C=N–C) groups is 2. The molecule has 10 heteroatoms. The lowest BCUT2D eigenvalue weighted by molar-refractivity contribution is -0.137. The van der Waals surface area contributed by atoms with Gasteiger partial charge in [-0.25, -0.2) is 9.38 Å². The van der Waals surface area contributed by atoms with Crippen LogP contribution in [0.2, 0.25) is 5.02 Å². The number of nitrogens with zero attached hydrogens (tertiary/aromatic N) is 3. The number of hydrogen-bond donors (Lipinski definition) is 2. The molecule has 136 valence electrons. The molecule has 0 radical (unpaired) electrons. The molecule has 1 spiro atoms. The molecule has 0 unspecified atom stereocenters. The number of anilines is 1. The third-order valence-electron chi connectivity index (χ3n) is 4.43. The molecule has 1 aromatic rings. The van der Waals surface area contributed by atoms with Gasteiger partial charge in [0.05, 0.1) is 16.3 Å². The minimum absolute atomic E-state index is 0.0749. The molecule has 2 aliphatic rings. The molecule has 0 amide bonds. The Morgan fingerprint density at radius 2 is 1.76 bits per heavy atom. The Morgan fingerprint density at radius 3 is 2.36 bits per heavy atom. The Bertz CT molecular complexity index is 753. The van der Waals surface area contributed by atoms with Gasteiger partial charge in [0.2, 0.25) is 11.9 Å². The molecule has 1 heterocycles. The van der Waals surface area contributed by atoms with Crippen LogP contribution in [-0.4, -0.2) is 17.6 Å². The van der Waals surface area contributed by atoms with Gasteiger partial charge >= 0.3 is 6.18 Å².